The van der Waals surface area contributed by atoms with Crippen LogP contribution < -0.4 is 15.0 Å². The highest BCUT2D eigenvalue weighted by Crippen LogP contribution is 2.36. The third-order valence-corrected chi connectivity index (χ3v) is 4.29. The van der Waals surface area contributed by atoms with Gasteiger partial charge in [0.15, 0.2) is 0 Å². The number of furan rings is 1. The van der Waals surface area contributed by atoms with Gasteiger partial charge in [0.05, 0.1) is 13.4 Å². The van der Waals surface area contributed by atoms with E-state index >= 15 is 0 Å². The molecule has 0 saturated heterocycles. The number of para-hydroxylation sites is 1. The van der Waals surface area contributed by atoms with Crippen molar-refractivity contribution in [2.75, 3.05) is 17.3 Å². The van der Waals surface area contributed by atoms with E-state index < -0.39 is 0 Å². The van der Waals surface area contributed by atoms with E-state index in [0.29, 0.717) is 11.5 Å². The largest absolute Gasteiger partial charge is 0.497 e. The number of hydrogen-bond acceptors (Lipinski definition) is 4. The van der Waals surface area contributed by atoms with Crippen LogP contribution in [0.5, 0.6) is 5.75 Å². The maximum Gasteiger partial charge on any atom is 0.275 e. The summed E-state index contributed by atoms with van der Waals surface area (Å²) in [6, 6.07) is 20.4. The van der Waals surface area contributed by atoms with Crippen LogP contribution in [0.1, 0.15) is 11.8 Å². The molecule has 1 aromatic heterocycles. The summed E-state index contributed by atoms with van der Waals surface area (Å²) in [4.78, 5) is 14.8. The van der Waals surface area contributed by atoms with Crippen LogP contribution in [-0.2, 0) is 4.79 Å². The van der Waals surface area contributed by atoms with Crippen molar-refractivity contribution in [2.24, 2.45) is 0 Å². The van der Waals surface area contributed by atoms with E-state index in [9.17, 15) is 4.79 Å². The van der Waals surface area contributed by atoms with Crippen LogP contribution in [0.3, 0.4) is 0 Å². The Labute approximate surface area is 151 Å². The summed E-state index contributed by atoms with van der Waals surface area (Å²) in [5.41, 5.74) is 2.15. The first-order valence-electron chi connectivity index (χ1n) is 8.31. The van der Waals surface area contributed by atoms with Gasteiger partial charge in [-0.2, -0.15) is 0 Å². The second kappa shape index (κ2) is 6.80. The maximum absolute atomic E-state index is 13.1. The fourth-order valence-corrected chi connectivity index (χ4v) is 3.02. The SMILES string of the molecule is COc1ccc(NC2=CC(c3ccco3)N(c3ccccc3)C2=O)cc1. The molecule has 4 rings (SSSR count). The number of ether oxygens (including phenoxy) is 1. The number of amides is 1. The third kappa shape index (κ3) is 2.95. The van der Waals surface area contributed by atoms with Gasteiger partial charge in [0.1, 0.15) is 23.2 Å². The first-order valence-corrected chi connectivity index (χ1v) is 8.31. The van der Waals surface area contributed by atoms with E-state index in [1.54, 1.807) is 18.3 Å². The van der Waals surface area contributed by atoms with Gasteiger partial charge in [0.2, 0.25) is 0 Å². The zero-order chi connectivity index (χ0) is 17.9. The summed E-state index contributed by atoms with van der Waals surface area (Å²) < 4.78 is 10.7. The molecule has 1 amide bonds. The first kappa shape index (κ1) is 16.0. The van der Waals surface area contributed by atoms with Crippen molar-refractivity contribution in [3.8, 4) is 5.75 Å². The van der Waals surface area contributed by atoms with Gasteiger partial charge in [-0.1, -0.05) is 18.2 Å². The van der Waals surface area contributed by atoms with Gasteiger partial charge in [0.25, 0.3) is 5.91 Å². The average molecular weight is 346 g/mol. The summed E-state index contributed by atoms with van der Waals surface area (Å²) in [6.07, 6.45) is 3.50. The molecule has 5 heteroatoms. The molecule has 1 atom stereocenters. The van der Waals surface area contributed by atoms with Gasteiger partial charge >= 0.3 is 0 Å². The summed E-state index contributed by atoms with van der Waals surface area (Å²) >= 11 is 0. The highest BCUT2D eigenvalue weighted by Gasteiger charge is 2.36. The number of methoxy groups -OCH3 is 1. The second-order valence-electron chi connectivity index (χ2n) is 5.90. The van der Waals surface area contributed by atoms with Crippen LogP contribution >= 0.6 is 0 Å². The first-order chi connectivity index (χ1) is 12.8. The molecule has 0 fully saturated rings. The second-order valence-corrected chi connectivity index (χ2v) is 5.90. The molecule has 2 heterocycles. The maximum atomic E-state index is 13.1. The molecule has 1 aliphatic rings. The summed E-state index contributed by atoms with van der Waals surface area (Å²) in [5.74, 6) is 1.38. The molecule has 0 radical (unpaired) electrons. The predicted molar refractivity (Wildman–Crippen MR) is 100 cm³/mol. The minimum atomic E-state index is -0.291. The Kier molecular flexibility index (Phi) is 4.19. The number of rotatable bonds is 5. The molecular formula is C21H18N2O3. The van der Waals surface area contributed by atoms with E-state index in [-0.39, 0.29) is 11.9 Å². The van der Waals surface area contributed by atoms with Crippen LogP contribution in [0.15, 0.2) is 89.2 Å². The Morgan fingerprint density at radius 3 is 2.42 bits per heavy atom. The molecule has 26 heavy (non-hydrogen) atoms. The van der Waals surface area contributed by atoms with Crippen molar-refractivity contribution < 1.29 is 13.9 Å². The monoisotopic (exact) mass is 346 g/mol. The highest BCUT2D eigenvalue weighted by atomic mass is 16.5. The van der Waals surface area contributed by atoms with Gasteiger partial charge in [-0.25, -0.2) is 0 Å². The van der Waals surface area contributed by atoms with E-state index in [0.717, 1.165) is 17.1 Å². The normalized spacial score (nSPS) is 16.5. The summed E-state index contributed by atoms with van der Waals surface area (Å²) in [6.45, 7) is 0. The molecule has 130 valence electrons. The van der Waals surface area contributed by atoms with Crippen LogP contribution in [0.2, 0.25) is 0 Å². The van der Waals surface area contributed by atoms with Gasteiger partial charge < -0.3 is 14.5 Å². The lowest BCUT2D eigenvalue weighted by atomic mass is 10.2. The van der Waals surface area contributed by atoms with E-state index in [1.165, 1.54) is 0 Å². The lowest BCUT2D eigenvalue weighted by Crippen LogP contribution is -2.30. The number of anilines is 2. The van der Waals surface area contributed by atoms with Crippen molar-refractivity contribution >= 4 is 17.3 Å². The molecule has 0 bridgehead atoms. The molecule has 0 saturated carbocycles. The zero-order valence-corrected chi connectivity index (χ0v) is 14.3. The molecule has 0 aliphatic carbocycles. The molecule has 1 N–H and O–H groups in total. The van der Waals surface area contributed by atoms with Crippen molar-refractivity contribution in [1.29, 1.82) is 0 Å². The molecule has 2 aromatic carbocycles. The van der Waals surface area contributed by atoms with Gasteiger partial charge in [-0.3, -0.25) is 9.69 Å². The molecule has 0 spiro atoms. The fourth-order valence-electron chi connectivity index (χ4n) is 3.02. The van der Waals surface area contributed by atoms with Gasteiger partial charge in [0, 0.05) is 11.4 Å². The lowest BCUT2D eigenvalue weighted by Gasteiger charge is -2.23. The van der Waals surface area contributed by atoms with Crippen molar-refractivity contribution in [3.05, 3.63) is 90.5 Å². The van der Waals surface area contributed by atoms with Crippen LogP contribution in [0.4, 0.5) is 11.4 Å². The number of carbonyl (C=O) groups is 1. The van der Waals surface area contributed by atoms with Crippen molar-refractivity contribution in [1.82, 2.24) is 0 Å². The Morgan fingerprint density at radius 2 is 1.77 bits per heavy atom. The quantitative estimate of drug-likeness (QED) is 0.745. The van der Waals surface area contributed by atoms with E-state index in [1.807, 2.05) is 72.8 Å². The smallest absolute Gasteiger partial charge is 0.275 e. The zero-order valence-electron chi connectivity index (χ0n) is 14.3. The molecule has 1 aliphatic heterocycles. The van der Waals surface area contributed by atoms with Crippen LogP contribution in [0.25, 0.3) is 0 Å². The summed E-state index contributed by atoms with van der Waals surface area (Å²) in [7, 11) is 1.62. The van der Waals surface area contributed by atoms with Crippen molar-refractivity contribution in [2.45, 2.75) is 6.04 Å². The minimum Gasteiger partial charge on any atom is -0.497 e. The van der Waals surface area contributed by atoms with Crippen molar-refractivity contribution in [3.63, 3.8) is 0 Å². The summed E-state index contributed by atoms with van der Waals surface area (Å²) in [5, 5.41) is 3.21. The molecule has 3 aromatic rings. The van der Waals surface area contributed by atoms with E-state index in [2.05, 4.69) is 5.32 Å². The van der Waals surface area contributed by atoms with E-state index in [4.69, 9.17) is 9.15 Å². The van der Waals surface area contributed by atoms with Gasteiger partial charge in [-0.15, -0.1) is 0 Å². The molecule has 5 nitrogen and oxygen atoms in total. The Hall–Kier alpha value is -3.47. The Balaban J connectivity index is 1.66. The Bertz CT molecular complexity index is 916. The Morgan fingerprint density at radius 1 is 1.00 bits per heavy atom. The number of carbonyl (C=O) groups excluding carboxylic acids is 1. The minimum absolute atomic E-state index is 0.103. The predicted octanol–water partition coefficient (Wildman–Crippen LogP) is 4.37. The molecule has 1 unspecified atom stereocenters. The van der Waals surface area contributed by atoms with Gasteiger partial charge in [-0.05, 0) is 54.6 Å². The topological polar surface area (TPSA) is 54.7 Å². The number of nitrogens with one attached hydrogen (secondary N) is 1. The standard InChI is InChI=1S/C21H18N2O3/c1-25-17-11-9-15(10-12-17)22-18-14-19(20-8-5-13-26-20)23(21(18)24)16-6-3-2-4-7-16/h2-14,19,22H,1H3. The highest BCUT2D eigenvalue weighted by molar-refractivity contribution is 6.10. The number of hydrogen-bond donors (Lipinski definition) is 1. The average Bonchev–Trinajstić information content (AvgIpc) is 3.32. The fraction of sp³-hybridized carbons (Fsp3) is 0.0952. The number of benzene rings is 2. The molecular weight excluding hydrogens is 328 g/mol. The number of nitrogens with zero attached hydrogens (tertiary/aromatic N) is 1. The third-order valence-electron chi connectivity index (χ3n) is 4.29. The lowest BCUT2D eigenvalue weighted by molar-refractivity contribution is -0.114. The van der Waals surface area contributed by atoms with Crippen LogP contribution in [-0.4, -0.2) is 13.0 Å². The van der Waals surface area contributed by atoms with Crippen LogP contribution in [0, 0.1) is 0 Å².